The third-order valence-corrected chi connectivity index (χ3v) is 4.87. The van der Waals surface area contributed by atoms with Crippen LogP contribution in [0.25, 0.3) is 0 Å². The molecule has 2 aromatic rings. The number of methoxy groups -OCH3 is 1. The molecule has 4 heteroatoms. The summed E-state index contributed by atoms with van der Waals surface area (Å²) in [6, 6.07) is 13.3. The number of ether oxygens (including phenoxy) is 2. The number of nitrogens with one attached hydrogen (secondary N) is 1. The van der Waals surface area contributed by atoms with Crippen LogP contribution in [-0.2, 0) is 6.42 Å². The monoisotopic (exact) mass is 341 g/mol. The second-order valence-electron chi connectivity index (χ2n) is 6.66. The number of fused-ring (bicyclic) bond motifs is 1. The van der Waals surface area contributed by atoms with Crippen molar-refractivity contribution in [1.82, 2.24) is 5.32 Å². The lowest BCUT2D eigenvalue weighted by molar-refractivity contribution is 0.196. The Kier molecular flexibility index (Phi) is 5.61. The van der Waals surface area contributed by atoms with Gasteiger partial charge >= 0.3 is 0 Å². The highest BCUT2D eigenvalue weighted by Crippen LogP contribution is 2.35. The van der Waals surface area contributed by atoms with E-state index in [4.69, 9.17) is 14.6 Å². The maximum atomic E-state index is 8.92. The van der Waals surface area contributed by atoms with E-state index in [0.717, 1.165) is 18.4 Å². The molecule has 2 N–H and O–H groups in total. The summed E-state index contributed by atoms with van der Waals surface area (Å²) in [6.07, 6.45) is 2.27. The van der Waals surface area contributed by atoms with Gasteiger partial charge in [0.2, 0.25) is 0 Å². The normalized spacial score (nSPS) is 17.2. The molecule has 4 nitrogen and oxygen atoms in total. The maximum absolute atomic E-state index is 8.92. The second-order valence-corrected chi connectivity index (χ2v) is 6.66. The predicted octanol–water partition coefficient (Wildman–Crippen LogP) is 3.71. The SMILES string of the molecule is COc1cc([C@H](C)N[C@@H]2CCc3ccc(C)cc32)ccc1OCCO. The van der Waals surface area contributed by atoms with Gasteiger partial charge in [0.1, 0.15) is 6.61 Å². The zero-order valence-corrected chi connectivity index (χ0v) is 15.2. The van der Waals surface area contributed by atoms with Crippen molar-refractivity contribution in [3.63, 3.8) is 0 Å². The van der Waals surface area contributed by atoms with E-state index in [-0.39, 0.29) is 19.3 Å². The summed E-state index contributed by atoms with van der Waals surface area (Å²) in [5.41, 5.74) is 5.36. The number of benzene rings is 2. The van der Waals surface area contributed by atoms with Gasteiger partial charge in [-0.15, -0.1) is 0 Å². The highest BCUT2D eigenvalue weighted by Gasteiger charge is 2.24. The van der Waals surface area contributed by atoms with Crippen LogP contribution in [0.15, 0.2) is 36.4 Å². The average molecular weight is 341 g/mol. The first kappa shape index (κ1) is 17.8. The summed E-state index contributed by atoms with van der Waals surface area (Å²) in [4.78, 5) is 0. The summed E-state index contributed by atoms with van der Waals surface area (Å²) in [7, 11) is 1.64. The van der Waals surface area contributed by atoms with Gasteiger partial charge in [0.25, 0.3) is 0 Å². The smallest absolute Gasteiger partial charge is 0.161 e. The fourth-order valence-corrected chi connectivity index (χ4v) is 3.52. The summed E-state index contributed by atoms with van der Waals surface area (Å²) >= 11 is 0. The van der Waals surface area contributed by atoms with Gasteiger partial charge in [-0.3, -0.25) is 0 Å². The van der Waals surface area contributed by atoms with Crippen LogP contribution in [0.3, 0.4) is 0 Å². The predicted molar refractivity (Wildman–Crippen MR) is 99.4 cm³/mol. The summed E-state index contributed by atoms with van der Waals surface area (Å²) in [5.74, 6) is 1.36. The summed E-state index contributed by atoms with van der Waals surface area (Å²) in [5, 5.41) is 12.7. The topological polar surface area (TPSA) is 50.7 Å². The molecule has 2 atom stereocenters. The van der Waals surface area contributed by atoms with E-state index < -0.39 is 0 Å². The Bertz CT molecular complexity index is 729. The molecular formula is C21H27NO3. The molecule has 0 aliphatic heterocycles. The quantitative estimate of drug-likeness (QED) is 0.806. The van der Waals surface area contributed by atoms with Crippen molar-refractivity contribution in [3.8, 4) is 11.5 Å². The fraction of sp³-hybridized carbons (Fsp3) is 0.429. The van der Waals surface area contributed by atoms with Gasteiger partial charge in [-0.25, -0.2) is 0 Å². The van der Waals surface area contributed by atoms with E-state index in [1.54, 1.807) is 7.11 Å². The standard InChI is InChI=1S/C21H27NO3/c1-14-4-5-16-6-8-19(18(16)12-14)22-15(2)17-7-9-20(25-11-10-23)21(13-17)24-3/h4-5,7,9,12-13,15,19,22-23H,6,8,10-11H2,1-3H3/t15-,19+/m0/s1. The third-order valence-electron chi connectivity index (χ3n) is 4.87. The molecule has 0 saturated heterocycles. The molecule has 3 rings (SSSR count). The van der Waals surface area contributed by atoms with Crippen molar-refractivity contribution in [1.29, 1.82) is 0 Å². The number of aliphatic hydroxyl groups is 1. The van der Waals surface area contributed by atoms with Gasteiger partial charge in [0.05, 0.1) is 13.7 Å². The van der Waals surface area contributed by atoms with Crippen molar-refractivity contribution in [2.45, 2.75) is 38.8 Å². The Balaban J connectivity index is 1.74. The molecule has 134 valence electrons. The molecular weight excluding hydrogens is 314 g/mol. The van der Waals surface area contributed by atoms with Crippen LogP contribution >= 0.6 is 0 Å². The zero-order valence-electron chi connectivity index (χ0n) is 15.2. The van der Waals surface area contributed by atoms with Gasteiger partial charge in [-0.05, 0) is 55.5 Å². The van der Waals surface area contributed by atoms with Gasteiger partial charge in [-0.2, -0.15) is 0 Å². The van der Waals surface area contributed by atoms with E-state index in [1.165, 1.54) is 16.7 Å². The number of hydrogen-bond donors (Lipinski definition) is 2. The summed E-state index contributed by atoms with van der Waals surface area (Å²) in [6.45, 7) is 4.58. The highest BCUT2D eigenvalue weighted by molar-refractivity contribution is 5.44. The minimum Gasteiger partial charge on any atom is -0.493 e. The Morgan fingerprint density at radius 2 is 2.04 bits per heavy atom. The van der Waals surface area contributed by atoms with E-state index in [0.29, 0.717) is 17.5 Å². The number of hydrogen-bond acceptors (Lipinski definition) is 4. The van der Waals surface area contributed by atoms with E-state index in [9.17, 15) is 0 Å². The van der Waals surface area contributed by atoms with E-state index in [1.807, 2.05) is 12.1 Å². The van der Waals surface area contributed by atoms with Gasteiger partial charge in [0.15, 0.2) is 11.5 Å². The van der Waals surface area contributed by atoms with Crippen LogP contribution < -0.4 is 14.8 Å². The van der Waals surface area contributed by atoms with Crippen LogP contribution in [0.5, 0.6) is 11.5 Å². The minimum atomic E-state index is -0.0105. The Morgan fingerprint density at radius 3 is 2.80 bits per heavy atom. The molecule has 2 aromatic carbocycles. The van der Waals surface area contributed by atoms with Gasteiger partial charge in [0, 0.05) is 12.1 Å². The molecule has 0 spiro atoms. The number of aryl methyl sites for hydroxylation is 2. The second kappa shape index (κ2) is 7.89. The molecule has 25 heavy (non-hydrogen) atoms. The van der Waals surface area contributed by atoms with Gasteiger partial charge < -0.3 is 19.9 Å². The molecule has 0 unspecified atom stereocenters. The molecule has 0 bridgehead atoms. The van der Waals surface area contributed by atoms with E-state index >= 15 is 0 Å². The first-order chi connectivity index (χ1) is 12.1. The van der Waals surface area contributed by atoms with Crippen LogP contribution in [0.2, 0.25) is 0 Å². The lowest BCUT2D eigenvalue weighted by Gasteiger charge is -2.22. The fourth-order valence-electron chi connectivity index (χ4n) is 3.52. The van der Waals surface area contributed by atoms with Crippen LogP contribution in [-0.4, -0.2) is 25.4 Å². The lowest BCUT2D eigenvalue weighted by Crippen LogP contribution is -2.23. The van der Waals surface area contributed by atoms with Crippen LogP contribution in [0, 0.1) is 6.92 Å². The number of aliphatic hydroxyl groups excluding tert-OH is 1. The average Bonchev–Trinajstić information content (AvgIpc) is 3.01. The third kappa shape index (κ3) is 3.97. The van der Waals surface area contributed by atoms with E-state index in [2.05, 4.69) is 43.4 Å². The van der Waals surface area contributed by atoms with Crippen molar-refractivity contribution in [2.24, 2.45) is 0 Å². The van der Waals surface area contributed by atoms with Crippen molar-refractivity contribution in [3.05, 3.63) is 58.7 Å². The Morgan fingerprint density at radius 1 is 1.20 bits per heavy atom. The van der Waals surface area contributed by atoms with Crippen molar-refractivity contribution < 1.29 is 14.6 Å². The molecule has 0 amide bonds. The summed E-state index contributed by atoms with van der Waals surface area (Å²) < 4.78 is 11.0. The molecule has 0 saturated carbocycles. The first-order valence-electron chi connectivity index (χ1n) is 8.89. The van der Waals surface area contributed by atoms with Crippen molar-refractivity contribution in [2.75, 3.05) is 20.3 Å². The zero-order chi connectivity index (χ0) is 17.8. The Labute approximate surface area is 149 Å². The van der Waals surface area contributed by atoms with Crippen molar-refractivity contribution >= 4 is 0 Å². The van der Waals surface area contributed by atoms with Gasteiger partial charge in [-0.1, -0.05) is 29.8 Å². The minimum absolute atomic E-state index is 0.0105. The first-order valence-corrected chi connectivity index (χ1v) is 8.89. The highest BCUT2D eigenvalue weighted by atomic mass is 16.5. The maximum Gasteiger partial charge on any atom is 0.161 e. The molecule has 0 fully saturated rings. The molecule has 0 radical (unpaired) electrons. The molecule has 0 heterocycles. The molecule has 1 aliphatic carbocycles. The Hall–Kier alpha value is -2.04. The van der Waals surface area contributed by atoms with Crippen LogP contribution in [0.1, 0.15) is 47.7 Å². The number of rotatable bonds is 7. The largest absolute Gasteiger partial charge is 0.493 e. The lowest BCUT2D eigenvalue weighted by atomic mass is 10.0. The van der Waals surface area contributed by atoms with Crippen LogP contribution in [0.4, 0.5) is 0 Å². The molecule has 0 aromatic heterocycles. The molecule has 1 aliphatic rings.